The number of pyridine rings is 1. The first kappa shape index (κ1) is 14.2. The van der Waals surface area contributed by atoms with Crippen LogP contribution in [0.2, 0.25) is 0 Å². The Kier molecular flexibility index (Phi) is 4.98. The van der Waals surface area contributed by atoms with Crippen LogP contribution < -0.4 is 0 Å². The van der Waals surface area contributed by atoms with Gasteiger partial charge in [-0.05, 0) is 47.4 Å². The highest BCUT2D eigenvalue weighted by atomic mass is 79.9. The zero-order valence-corrected chi connectivity index (χ0v) is 14.5. The topological polar surface area (TPSA) is 12.9 Å². The Morgan fingerprint density at radius 3 is 2.06 bits per heavy atom. The van der Waals surface area contributed by atoms with Crippen molar-refractivity contribution in [1.29, 1.82) is 0 Å². The van der Waals surface area contributed by atoms with Crippen molar-refractivity contribution >= 4 is 47.8 Å². The van der Waals surface area contributed by atoms with E-state index in [2.05, 4.69) is 84.0 Å². The van der Waals surface area contributed by atoms with E-state index < -0.39 is 0 Å². The van der Waals surface area contributed by atoms with Crippen LogP contribution >= 0.6 is 47.8 Å². The Bertz CT molecular complexity index is 508. The van der Waals surface area contributed by atoms with Crippen LogP contribution in [-0.4, -0.2) is 4.98 Å². The molecular weight excluding hydrogens is 422 g/mol. The highest BCUT2D eigenvalue weighted by molar-refractivity contribution is 9.11. The minimum absolute atomic E-state index is 0.272. The highest BCUT2D eigenvalue weighted by Gasteiger charge is 2.18. The van der Waals surface area contributed by atoms with Crippen LogP contribution in [0.1, 0.15) is 28.8 Å². The molecule has 0 saturated carbocycles. The molecule has 18 heavy (non-hydrogen) atoms. The molecule has 1 aromatic heterocycles. The first-order chi connectivity index (χ1) is 8.58. The Labute approximate surface area is 132 Å². The molecule has 1 heterocycles. The number of alkyl halides is 1. The lowest BCUT2D eigenvalue weighted by Crippen LogP contribution is -2.02. The zero-order chi connectivity index (χ0) is 13.1. The predicted octanol–water partition coefficient (Wildman–Crippen LogP) is 5.85. The van der Waals surface area contributed by atoms with E-state index in [0.29, 0.717) is 5.92 Å². The quantitative estimate of drug-likeness (QED) is 0.553. The molecule has 2 aromatic rings. The van der Waals surface area contributed by atoms with E-state index in [0.717, 1.165) is 8.95 Å². The number of nitrogens with zero attached hydrogens (tertiary/aromatic N) is 1. The molecule has 2 unspecified atom stereocenters. The minimum Gasteiger partial charge on any atom is -0.265 e. The Morgan fingerprint density at radius 1 is 0.944 bits per heavy atom. The third-order valence-corrected chi connectivity index (χ3v) is 5.11. The molecule has 0 fully saturated rings. The van der Waals surface area contributed by atoms with Gasteiger partial charge in [-0.15, -0.1) is 0 Å². The molecule has 0 amide bonds. The average Bonchev–Trinajstić information content (AvgIpc) is 2.37. The summed E-state index contributed by atoms with van der Waals surface area (Å²) < 4.78 is 2.16. The summed E-state index contributed by atoms with van der Waals surface area (Å²) in [5.41, 5.74) is 2.53. The third kappa shape index (κ3) is 3.43. The van der Waals surface area contributed by atoms with Crippen molar-refractivity contribution < 1.29 is 0 Å². The van der Waals surface area contributed by atoms with Crippen molar-refractivity contribution in [2.75, 3.05) is 0 Å². The van der Waals surface area contributed by atoms with Gasteiger partial charge in [0.15, 0.2) is 0 Å². The average molecular weight is 434 g/mol. The number of aromatic nitrogens is 1. The maximum absolute atomic E-state index is 4.06. The molecule has 0 bridgehead atoms. The summed E-state index contributed by atoms with van der Waals surface area (Å²) >= 11 is 10.8. The van der Waals surface area contributed by atoms with Crippen LogP contribution in [0.3, 0.4) is 0 Å². The molecule has 1 aromatic carbocycles. The van der Waals surface area contributed by atoms with Crippen LogP contribution in [0.25, 0.3) is 0 Å². The predicted molar refractivity (Wildman–Crippen MR) is 86.2 cm³/mol. The van der Waals surface area contributed by atoms with E-state index in [1.165, 1.54) is 11.1 Å². The van der Waals surface area contributed by atoms with Crippen LogP contribution in [0, 0.1) is 0 Å². The van der Waals surface area contributed by atoms with Gasteiger partial charge in [-0.2, -0.15) is 0 Å². The van der Waals surface area contributed by atoms with E-state index >= 15 is 0 Å². The Balaban J connectivity index is 2.28. The molecule has 0 N–H and O–H groups in total. The summed E-state index contributed by atoms with van der Waals surface area (Å²) in [7, 11) is 0. The number of hydrogen-bond donors (Lipinski definition) is 0. The number of rotatable bonds is 3. The molecule has 2 rings (SSSR count). The fraction of sp³-hybridized carbons (Fsp3) is 0.214. The summed E-state index contributed by atoms with van der Waals surface area (Å²) in [6.07, 6.45) is 3.67. The molecule has 2 atom stereocenters. The van der Waals surface area contributed by atoms with E-state index in [-0.39, 0.29) is 4.83 Å². The van der Waals surface area contributed by atoms with Crippen molar-refractivity contribution in [2.24, 2.45) is 0 Å². The van der Waals surface area contributed by atoms with Crippen molar-refractivity contribution in [3.8, 4) is 0 Å². The van der Waals surface area contributed by atoms with E-state index in [4.69, 9.17) is 0 Å². The standard InChI is InChI=1S/C14H12Br3N/c1-9(10-2-4-18-5-3-10)14(17)11-6-12(15)8-13(16)7-11/h2-9,14H,1H3. The van der Waals surface area contributed by atoms with E-state index in [9.17, 15) is 0 Å². The fourth-order valence-electron chi connectivity index (χ4n) is 1.86. The third-order valence-electron chi connectivity index (χ3n) is 2.87. The zero-order valence-electron chi connectivity index (χ0n) is 9.78. The Morgan fingerprint density at radius 2 is 1.50 bits per heavy atom. The lowest BCUT2D eigenvalue weighted by atomic mass is 9.94. The van der Waals surface area contributed by atoms with Gasteiger partial charge in [0.05, 0.1) is 0 Å². The maximum Gasteiger partial charge on any atom is 0.0461 e. The minimum atomic E-state index is 0.272. The van der Waals surface area contributed by atoms with Gasteiger partial charge in [0.25, 0.3) is 0 Å². The molecule has 1 nitrogen and oxygen atoms in total. The van der Waals surface area contributed by atoms with Crippen molar-refractivity contribution in [2.45, 2.75) is 17.7 Å². The molecule has 0 aliphatic carbocycles. The van der Waals surface area contributed by atoms with Gasteiger partial charge in [-0.25, -0.2) is 0 Å². The second-order valence-electron chi connectivity index (χ2n) is 4.17. The SMILES string of the molecule is CC(c1ccncc1)C(Br)c1cc(Br)cc(Br)c1. The smallest absolute Gasteiger partial charge is 0.0461 e. The monoisotopic (exact) mass is 431 g/mol. The summed E-state index contributed by atoms with van der Waals surface area (Å²) in [6, 6.07) is 10.4. The highest BCUT2D eigenvalue weighted by Crippen LogP contribution is 2.39. The van der Waals surface area contributed by atoms with Crippen LogP contribution in [0.15, 0.2) is 51.7 Å². The van der Waals surface area contributed by atoms with Crippen LogP contribution in [0.4, 0.5) is 0 Å². The van der Waals surface area contributed by atoms with Gasteiger partial charge in [0.2, 0.25) is 0 Å². The summed E-state index contributed by atoms with van der Waals surface area (Å²) in [5.74, 6) is 0.384. The second kappa shape index (κ2) is 6.31. The van der Waals surface area contributed by atoms with Crippen LogP contribution in [-0.2, 0) is 0 Å². The van der Waals surface area contributed by atoms with Gasteiger partial charge < -0.3 is 0 Å². The molecule has 0 aliphatic rings. The van der Waals surface area contributed by atoms with Gasteiger partial charge in [0.1, 0.15) is 0 Å². The molecular formula is C14H12Br3N. The molecule has 0 spiro atoms. The summed E-state index contributed by atoms with van der Waals surface area (Å²) in [6.45, 7) is 2.21. The van der Waals surface area contributed by atoms with Gasteiger partial charge in [-0.1, -0.05) is 54.7 Å². The molecule has 94 valence electrons. The number of halogens is 3. The first-order valence-corrected chi connectivity index (χ1v) is 8.08. The maximum atomic E-state index is 4.06. The summed E-state index contributed by atoms with van der Waals surface area (Å²) in [5, 5.41) is 0. The van der Waals surface area contributed by atoms with Gasteiger partial charge in [0, 0.05) is 26.2 Å². The molecule has 0 aliphatic heterocycles. The largest absolute Gasteiger partial charge is 0.265 e. The lowest BCUT2D eigenvalue weighted by molar-refractivity contribution is 0.749. The summed E-state index contributed by atoms with van der Waals surface area (Å²) in [4.78, 5) is 4.33. The van der Waals surface area contributed by atoms with Gasteiger partial charge in [-0.3, -0.25) is 4.98 Å². The Hall–Kier alpha value is -0.190. The van der Waals surface area contributed by atoms with Crippen molar-refractivity contribution in [3.63, 3.8) is 0 Å². The van der Waals surface area contributed by atoms with E-state index in [1.54, 1.807) is 0 Å². The normalized spacial score (nSPS) is 14.2. The second-order valence-corrected chi connectivity index (χ2v) is 6.99. The van der Waals surface area contributed by atoms with E-state index in [1.807, 2.05) is 18.5 Å². The molecule has 4 heteroatoms. The lowest BCUT2D eigenvalue weighted by Gasteiger charge is -2.19. The fourth-order valence-corrected chi connectivity index (χ4v) is 3.76. The number of benzene rings is 1. The molecule has 0 saturated heterocycles. The van der Waals surface area contributed by atoms with Gasteiger partial charge >= 0.3 is 0 Å². The van der Waals surface area contributed by atoms with Crippen molar-refractivity contribution in [3.05, 3.63) is 62.8 Å². The first-order valence-electron chi connectivity index (χ1n) is 5.58. The van der Waals surface area contributed by atoms with Crippen molar-refractivity contribution in [1.82, 2.24) is 4.98 Å². The van der Waals surface area contributed by atoms with Crippen LogP contribution in [0.5, 0.6) is 0 Å². The molecule has 0 radical (unpaired) electrons. The number of hydrogen-bond acceptors (Lipinski definition) is 1.